The Morgan fingerprint density at radius 2 is 2.00 bits per heavy atom. The van der Waals surface area contributed by atoms with Gasteiger partial charge >= 0.3 is 0 Å². The Balaban J connectivity index is 1.62. The molecule has 1 aromatic carbocycles. The van der Waals surface area contributed by atoms with Gasteiger partial charge in [0.05, 0.1) is 27.7 Å². The van der Waals surface area contributed by atoms with Gasteiger partial charge in [0.15, 0.2) is 0 Å². The highest BCUT2D eigenvalue weighted by Gasteiger charge is 2.30. The van der Waals surface area contributed by atoms with Gasteiger partial charge in [-0.05, 0) is 25.8 Å². The molecule has 1 atom stereocenters. The second-order valence-corrected chi connectivity index (χ2v) is 7.07. The minimum absolute atomic E-state index is 0.468. The van der Waals surface area contributed by atoms with E-state index < -0.39 is 5.54 Å². The Hall–Kier alpha value is -1.85. The van der Waals surface area contributed by atoms with Crippen molar-refractivity contribution in [2.75, 3.05) is 0 Å². The molecule has 0 radical (unpaired) electrons. The van der Waals surface area contributed by atoms with Crippen molar-refractivity contribution in [3.05, 3.63) is 52.0 Å². The van der Waals surface area contributed by atoms with Crippen LogP contribution < -0.4 is 5.73 Å². The summed E-state index contributed by atoms with van der Waals surface area (Å²) in [7, 11) is 0. The van der Waals surface area contributed by atoms with Crippen molar-refractivity contribution in [1.29, 1.82) is 0 Å². The molecule has 0 aliphatic carbocycles. The van der Waals surface area contributed by atoms with E-state index in [1.165, 1.54) is 5.56 Å². The molecular formula is C17H20N4S. The summed E-state index contributed by atoms with van der Waals surface area (Å²) in [5.74, 6) is 0. The molecule has 3 rings (SSSR count). The predicted molar refractivity (Wildman–Crippen MR) is 92.8 cm³/mol. The van der Waals surface area contributed by atoms with Crippen molar-refractivity contribution < 1.29 is 0 Å². The van der Waals surface area contributed by atoms with Crippen LogP contribution >= 0.6 is 11.3 Å². The van der Waals surface area contributed by atoms with E-state index in [0.717, 1.165) is 41.4 Å². The van der Waals surface area contributed by atoms with Gasteiger partial charge in [-0.3, -0.25) is 0 Å². The highest BCUT2D eigenvalue weighted by Crippen LogP contribution is 2.20. The molecule has 1 aliphatic rings. The molecule has 5 heteroatoms. The topological polar surface area (TPSA) is 63.6 Å². The lowest BCUT2D eigenvalue weighted by atomic mass is 9.86. The molecule has 0 amide bonds. The minimum Gasteiger partial charge on any atom is -0.320 e. The zero-order valence-electron chi connectivity index (χ0n) is 12.9. The number of nitrogens with two attached hydrogens (primary N) is 1. The molecule has 0 bridgehead atoms. The van der Waals surface area contributed by atoms with Gasteiger partial charge in [-0.2, -0.15) is 10.2 Å². The normalized spacial score (nSPS) is 17.0. The lowest BCUT2D eigenvalue weighted by molar-refractivity contribution is 0.615. The van der Waals surface area contributed by atoms with E-state index in [-0.39, 0.29) is 0 Å². The monoisotopic (exact) mass is 312 g/mol. The van der Waals surface area contributed by atoms with Crippen LogP contribution in [0.15, 0.2) is 45.9 Å². The minimum atomic E-state index is -0.468. The van der Waals surface area contributed by atoms with Crippen LogP contribution in [0.1, 0.15) is 29.6 Å². The molecule has 0 saturated carbocycles. The zero-order chi connectivity index (χ0) is 15.6. The highest BCUT2D eigenvalue weighted by atomic mass is 32.1. The molecule has 2 N–H and O–H groups in total. The summed E-state index contributed by atoms with van der Waals surface area (Å²) >= 11 is 1.67. The van der Waals surface area contributed by atoms with E-state index in [4.69, 9.17) is 5.73 Å². The summed E-state index contributed by atoms with van der Waals surface area (Å²) < 4.78 is 0. The predicted octanol–water partition coefficient (Wildman–Crippen LogP) is 3.15. The summed E-state index contributed by atoms with van der Waals surface area (Å²) in [6, 6.07) is 10.3. The van der Waals surface area contributed by atoms with Crippen LogP contribution in [0.4, 0.5) is 0 Å². The number of hydrogen-bond acceptors (Lipinski definition) is 5. The van der Waals surface area contributed by atoms with Gasteiger partial charge in [-0.15, -0.1) is 11.3 Å². The fourth-order valence-corrected chi connectivity index (χ4v) is 3.24. The van der Waals surface area contributed by atoms with E-state index >= 15 is 0 Å². The SMILES string of the molecule is Cc1nc(CC2=NN=C([C@](C)(N)Cc3ccccc3)C2)cs1. The molecule has 1 aromatic heterocycles. The summed E-state index contributed by atoms with van der Waals surface area (Å²) in [5, 5.41) is 11.8. The van der Waals surface area contributed by atoms with Crippen LogP contribution in [0.2, 0.25) is 0 Å². The van der Waals surface area contributed by atoms with E-state index in [0.29, 0.717) is 0 Å². The zero-order valence-corrected chi connectivity index (χ0v) is 13.7. The van der Waals surface area contributed by atoms with Crippen LogP contribution in [0.5, 0.6) is 0 Å². The summed E-state index contributed by atoms with van der Waals surface area (Å²) in [4.78, 5) is 4.48. The van der Waals surface area contributed by atoms with Crippen molar-refractivity contribution in [3.63, 3.8) is 0 Å². The van der Waals surface area contributed by atoms with Gasteiger partial charge in [0.1, 0.15) is 0 Å². The lowest BCUT2D eigenvalue weighted by Gasteiger charge is -2.24. The first kappa shape index (κ1) is 15.1. The van der Waals surface area contributed by atoms with Crippen molar-refractivity contribution >= 4 is 22.8 Å². The van der Waals surface area contributed by atoms with Crippen molar-refractivity contribution in [1.82, 2.24) is 4.98 Å². The second kappa shape index (κ2) is 6.10. The molecule has 22 heavy (non-hydrogen) atoms. The first-order valence-electron chi connectivity index (χ1n) is 7.39. The first-order valence-corrected chi connectivity index (χ1v) is 8.27. The molecule has 2 heterocycles. The third-order valence-corrected chi connectivity index (χ3v) is 4.63. The maximum absolute atomic E-state index is 6.50. The van der Waals surface area contributed by atoms with Gasteiger partial charge in [-0.1, -0.05) is 30.3 Å². The van der Waals surface area contributed by atoms with Gasteiger partial charge in [0.2, 0.25) is 0 Å². The molecule has 4 nitrogen and oxygen atoms in total. The van der Waals surface area contributed by atoms with Gasteiger partial charge < -0.3 is 5.73 Å². The number of thiazole rings is 1. The largest absolute Gasteiger partial charge is 0.320 e. The van der Waals surface area contributed by atoms with Gasteiger partial charge in [0, 0.05) is 18.2 Å². The maximum atomic E-state index is 6.50. The van der Waals surface area contributed by atoms with Crippen molar-refractivity contribution in [2.24, 2.45) is 15.9 Å². The Bertz CT molecular complexity index is 713. The van der Waals surface area contributed by atoms with E-state index in [2.05, 4.69) is 32.7 Å². The molecular weight excluding hydrogens is 292 g/mol. The van der Waals surface area contributed by atoms with Crippen LogP contribution in [-0.4, -0.2) is 21.9 Å². The first-order chi connectivity index (χ1) is 10.5. The third kappa shape index (κ3) is 3.48. The summed E-state index contributed by atoms with van der Waals surface area (Å²) in [5.41, 5.74) is 10.3. The van der Waals surface area contributed by atoms with Crippen molar-refractivity contribution in [2.45, 2.75) is 38.6 Å². The lowest BCUT2D eigenvalue weighted by Crippen LogP contribution is -2.46. The van der Waals surface area contributed by atoms with Crippen LogP contribution in [-0.2, 0) is 12.8 Å². The quantitative estimate of drug-likeness (QED) is 0.921. The number of rotatable bonds is 5. The molecule has 0 spiro atoms. The maximum Gasteiger partial charge on any atom is 0.0897 e. The Morgan fingerprint density at radius 3 is 2.68 bits per heavy atom. The summed E-state index contributed by atoms with van der Waals surface area (Å²) in [6.07, 6.45) is 2.28. The molecule has 0 saturated heterocycles. The van der Waals surface area contributed by atoms with Crippen LogP contribution in [0, 0.1) is 6.92 Å². The Morgan fingerprint density at radius 1 is 1.23 bits per heavy atom. The average molecular weight is 312 g/mol. The Kier molecular flexibility index (Phi) is 4.18. The smallest absolute Gasteiger partial charge is 0.0897 e. The number of aryl methyl sites for hydroxylation is 1. The molecule has 1 aliphatic heterocycles. The number of hydrogen-bond donors (Lipinski definition) is 1. The van der Waals surface area contributed by atoms with Gasteiger partial charge in [-0.25, -0.2) is 4.98 Å². The fraction of sp³-hybridized carbons (Fsp3) is 0.353. The molecule has 114 valence electrons. The van der Waals surface area contributed by atoms with Crippen LogP contribution in [0.3, 0.4) is 0 Å². The van der Waals surface area contributed by atoms with Crippen molar-refractivity contribution in [3.8, 4) is 0 Å². The van der Waals surface area contributed by atoms with Crippen LogP contribution in [0.25, 0.3) is 0 Å². The standard InChI is InChI=1S/C17H20N4S/c1-12-19-15(11-22-12)8-14-9-16(21-20-14)17(2,18)10-13-6-4-3-5-7-13/h3-7,11H,8-10,18H2,1-2H3/t17-/m1/s1. The second-order valence-electron chi connectivity index (χ2n) is 6.00. The average Bonchev–Trinajstić information content (AvgIpc) is 3.10. The number of nitrogens with zero attached hydrogens (tertiary/aromatic N) is 3. The summed E-state index contributed by atoms with van der Waals surface area (Å²) in [6.45, 7) is 4.05. The molecule has 0 unspecified atom stereocenters. The number of aromatic nitrogens is 1. The van der Waals surface area contributed by atoms with E-state index in [9.17, 15) is 0 Å². The van der Waals surface area contributed by atoms with E-state index in [1.807, 2.05) is 32.0 Å². The third-order valence-electron chi connectivity index (χ3n) is 3.81. The Labute approximate surface area is 134 Å². The number of benzene rings is 1. The fourth-order valence-electron chi connectivity index (χ4n) is 2.63. The van der Waals surface area contributed by atoms with E-state index in [1.54, 1.807) is 11.3 Å². The molecule has 2 aromatic rings. The molecule has 0 fully saturated rings. The highest BCUT2D eigenvalue weighted by molar-refractivity contribution is 7.09. The van der Waals surface area contributed by atoms with Gasteiger partial charge in [0.25, 0.3) is 0 Å².